The molecule has 0 bridgehead atoms. The Morgan fingerprint density at radius 3 is 2.57 bits per heavy atom. The van der Waals surface area contributed by atoms with Crippen LogP contribution in [-0.2, 0) is 0 Å². The van der Waals surface area contributed by atoms with Gasteiger partial charge in [0.2, 0.25) is 0 Å². The van der Waals surface area contributed by atoms with Gasteiger partial charge in [0, 0.05) is 12.8 Å². The fourth-order valence-corrected chi connectivity index (χ4v) is 0.525. The summed E-state index contributed by atoms with van der Waals surface area (Å²) in [5, 5.41) is 2.20. The maximum Gasteiger partial charge on any atom is 0.0755 e. The molecule has 0 aliphatic rings. The molecule has 0 aliphatic heterocycles. The summed E-state index contributed by atoms with van der Waals surface area (Å²) in [7, 11) is 2.10. The molecule has 2 heteroatoms. The van der Waals surface area contributed by atoms with Crippen molar-refractivity contribution in [1.29, 1.82) is 0 Å². The molecule has 0 unspecified atom stereocenters. The Kier molecular flexibility index (Phi) is 5.85. The lowest BCUT2D eigenvalue weighted by Gasteiger charge is -1.89. The lowest BCUT2D eigenvalue weighted by molar-refractivity contribution is -0.627. The van der Waals surface area contributed by atoms with Gasteiger partial charge in [-0.05, 0) is 0 Å². The minimum Gasteiger partial charge on any atom is -0.358 e. The van der Waals surface area contributed by atoms with Crippen molar-refractivity contribution in [3.8, 4) is 0 Å². The summed E-state index contributed by atoms with van der Waals surface area (Å²) >= 11 is 0. The predicted molar refractivity (Wildman–Crippen MR) is 29.7 cm³/mol. The van der Waals surface area contributed by atoms with Crippen molar-refractivity contribution in [1.82, 2.24) is 0 Å². The van der Waals surface area contributed by atoms with Crippen molar-refractivity contribution in [2.75, 3.05) is 20.1 Å². The van der Waals surface area contributed by atoms with E-state index in [-0.39, 0.29) is 0 Å². The molecule has 0 aliphatic carbocycles. The number of quaternary nitrogens is 2. The Hall–Kier alpha value is -0.0800. The molecule has 2 nitrogen and oxygen atoms in total. The molecule has 7 heavy (non-hydrogen) atoms. The molecule has 0 saturated heterocycles. The van der Waals surface area contributed by atoms with Crippen molar-refractivity contribution in [3.63, 3.8) is 0 Å². The standard InChI is InChI=1S/C5H14N2/c1-7-5-3-2-4-6/h7H,2-6H2,1H3/p+2. The summed E-state index contributed by atoms with van der Waals surface area (Å²) in [4.78, 5) is 0. The van der Waals surface area contributed by atoms with Gasteiger partial charge in [-0.15, -0.1) is 0 Å². The molecule has 0 amide bonds. The van der Waals surface area contributed by atoms with Gasteiger partial charge in [-0.1, -0.05) is 0 Å². The highest BCUT2D eigenvalue weighted by Crippen LogP contribution is 1.75. The summed E-state index contributed by atoms with van der Waals surface area (Å²) in [5.74, 6) is 0. The smallest absolute Gasteiger partial charge is 0.0755 e. The Labute approximate surface area is 45.1 Å². The van der Waals surface area contributed by atoms with Crippen LogP contribution in [0.2, 0.25) is 0 Å². The number of nitrogens with two attached hydrogens (primary N) is 1. The molecule has 0 spiro atoms. The van der Waals surface area contributed by atoms with Crippen molar-refractivity contribution >= 4 is 0 Å². The number of hydrogen-bond donors (Lipinski definition) is 2. The first-order valence-electron chi connectivity index (χ1n) is 2.99. The van der Waals surface area contributed by atoms with E-state index in [2.05, 4.69) is 18.1 Å². The second-order valence-corrected chi connectivity index (χ2v) is 1.76. The van der Waals surface area contributed by atoms with E-state index in [0.29, 0.717) is 0 Å². The Bertz CT molecular complexity index is 25.3. The van der Waals surface area contributed by atoms with E-state index < -0.39 is 0 Å². The molecule has 44 valence electrons. The molecule has 0 aromatic heterocycles. The highest BCUT2D eigenvalue weighted by atomic mass is 14.8. The van der Waals surface area contributed by atoms with Crippen LogP contribution in [0.15, 0.2) is 0 Å². The number of hydrogen-bond acceptors (Lipinski definition) is 0. The summed E-state index contributed by atoms with van der Waals surface area (Å²) in [5.41, 5.74) is 3.74. The molecule has 0 heterocycles. The second-order valence-electron chi connectivity index (χ2n) is 1.76. The SMILES string of the molecule is C[NH2+]CCCC[NH3+]. The first-order valence-corrected chi connectivity index (χ1v) is 2.99. The summed E-state index contributed by atoms with van der Waals surface area (Å²) in [6.07, 6.45) is 2.60. The molecule has 0 atom stereocenters. The van der Waals surface area contributed by atoms with Crippen LogP contribution in [0.4, 0.5) is 0 Å². The maximum atomic E-state index is 3.74. The Morgan fingerprint density at radius 1 is 1.43 bits per heavy atom. The topological polar surface area (TPSA) is 44.2 Å². The predicted octanol–water partition coefficient (Wildman–Crippen LogP) is -1.80. The van der Waals surface area contributed by atoms with E-state index in [9.17, 15) is 0 Å². The Balaban J connectivity index is 2.45. The quantitative estimate of drug-likeness (QED) is 0.395. The highest BCUT2D eigenvalue weighted by molar-refractivity contribution is 4.29. The molecule has 0 saturated carbocycles. The largest absolute Gasteiger partial charge is 0.358 e. The molecule has 0 aromatic rings. The average Bonchev–Trinajstić information content (AvgIpc) is 1.69. The zero-order valence-electron chi connectivity index (χ0n) is 5.11. The normalized spacial score (nSPS) is 9.43. The van der Waals surface area contributed by atoms with Gasteiger partial charge in [-0.2, -0.15) is 0 Å². The van der Waals surface area contributed by atoms with Crippen molar-refractivity contribution in [2.24, 2.45) is 0 Å². The van der Waals surface area contributed by atoms with Gasteiger partial charge in [0.15, 0.2) is 0 Å². The Morgan fingerprint density at radius 2 is 2.14 bits per heavy atom. The van der Waals surface area contributed by atoms with Gasteiger partial charge in [-0.25, -0.2) is 0 Å². The van der Waals surface area contributed by atoms with Crippen LogP contribution in [0.3, 0.4) is 0 Å². The zero-order valence-corrected chi connectivity index (χ0v) is 5.11. The fourth-order valence-electron chi connectivity index (χ4n) is 0.525. The summed E-state index contributed by atoms with van der Waals surface area (Å²) < 4.78 is 0. The van der Waals surface area contributed by atoms with E-state index in [4.69, 9.17) is 0 Å². The molecule has 5 N–H and O–H groups in total. The first kappa shape index (κ1) is 6.92. The van der Waals surface area contributed by atoms with Gasteiger partial charge in [-0.3, -0.25) is 0 Å². The van der Waals surface area contributed by atoms with E-state index in [1.54, 1.807) is 0 Å². The van der Waals surface area contributed by atoms with Crippen LogP contribution in [0, 0.1) is 0 Å². The van der Waals surface area contributed by atoms with Crippen molar-refractivity contribution in [3.05, 3.63) is 0 Å². The van der Waals surface area contributed by atoms with Crippen LogP contribution < -0.4 is 11.1 Å². The van der Waals surface area contributed by atoms with E-state index in [1.807, 2.05) is 0 Å². The third-order valence-electron chi connectivity index (χ3n) is 0.993. The van der Waals surface area contributed by atoms with Crippen LogP contribution in [0.1, 0.15) is 12.8 Å². The molecular formula is C5H16N2+2. The molecule has 0 aromatic carbocycles. The minimum atomic E-state index is 1.09. The van der Waals surface area contributed by atoms with E-state index in [1.165, 1.54) is 19.4 Å². The average molecular weight is 104 g/mol. The third kappa shape index (κ3) is 5.92. The fraction of sp³-hybridized carbons (Fsp3) is 1.00. The van der Waals surface area contributed by atoms with Crippen LogP contribution in [-0.4, -0.2) is 20.1 Å². The van der Waals surface area contributed by atoms with Gasteiger partial charge in [0.25, 0.3) is 0 Å². The van der Waals surface area contributed by atoms with E-state index >= 15 is 0 Å². The zero-order chi connectivity index (χ0) is 5.54. The maximum absolute atomic E-state index is 3.74. The van der Waals surface area contributed by atoms with E-state index in [0.717, 1.165) is 6.54 Å². The molecule has 0 fully saturated rings. The van der Waals surface area contributed by atoms with Crippen molar-refractivity contribution < 1.29 is 11.1 Å². The third-order valence-corrected chi connectivity index (χ3v) is 0.993. The van der Waals surface area contributed by atoms with Gasteiger partial charge in [0.05, 0.1) is 20.1 Å². The number of unbranched alkanes of at least 4 members (excludes halogenated alkanes) is 1. The lowest BCUT2D eigenvalue weighted by Crippen LogP contribution is -2.79. The lowest BCUT2D eigenvalue weighted by atomic mass is 10.3. The van der Waals surface area contributed by atoms with Gasteiger partial charge in [0.1, 0.15) is 0 Å². The molecular weight excluding hydrogens is 88.1 g/mol. The van der Waals surface area contributed by atoms with Crippen molar-refractivity contribution in [2.45, 2.75) is 12.8 Å². The number of rotatable bonds is 4. The van der Waals surface area contributed by atoms with Gasteiger partial charge < -0.3 is 11.1 Å². The summed E-state index contributed by atoms with van der Waals surface area (Å²) in [6, 6.07) is 0. The first-order chi connectivity index (χ1) is 3.41. The highest BCUT2D eigenvalue weighted by Gasteiger charge is 1.83. The van der Waals surface area contributed by atoms with Crippen LogP contribution >= 0.6 is 0 Å². The van der Waals surface area contributed by atoms with Crippen LogP contribution in [0.25, 0.3) is 0 Å². The monoisotopic (exact) mass is 104 g/mol. The second kappa shape index (κ2) is 5.92. The minimum absolute atomic E-state index is 1.09. The van der Waals surface area contributed by atoms with Crippen LogP contribution in [0.5, 0.6) is 0 Å². The molecule has 0 radical (unpaired) electrons. The molecule has 0 rings (SSSR count). The summed E-state index contributed by atoms with van der Waals surface area (Å²) in [6.45, 7) is 2.35. The van der Waals surface area contributed by atoms with Gasteiger partial charge >= 0.3 is 0 Å².